The van der Waals surface area contributed by atoms with Crippen molar-refractivity contribution in [3.8, 4) is 0 Å². The lowest BCUT2D eigenvalue weighted by Gasteiger charge is -2.40. The van der Waals surface area contributed by atoms with Gasteiger partial charge >= 0.3 is 0 Å². The normalized spacial score (nSPS) is 24.8. The number of rotatable bonds is 14. The number of likely N-dealkylation sites (N-methyl/N-ethyl adjacent to an activating group) is 1. The minimum absolute atomic E-state index is 0.0628. The van der Waals surface area contributed by atoms with Gasteiger partial charge in [0.2, 0.25) is 27.6 Å². The SMILES string of the molecule is CNC(=O)C(=O)C(CC1CC1)NC(=O)[C@@H]1[C@@H](C(C)C)CCN1C(=O)[C@@H](NC(O)N[C@H](CN1CCCS1(=O)=O)C(C)(C)C)C(C)(C)C. The molecule has 1 aliphatic carbocycles. The number of aliphatic hydroxyl groups excluding tert-OH is 1. The zero-order valence-corrected chi connectivity index (χ0v) is 30.0. The molecule has 0 radical (unpaired) electrons. The Morgan fingerprint density at radius 1 is 0.935 bits per heavy atom. The van der Waals surface area contributed by atoms with E-state index in [9.17, 15) is 32.7 Å². The van der Waals surface area contributed by atoms with Crippen LogP contribution in [0.1, 0.15) is 87.5 Å². The molecular weight excluding hydrogens is 612 g/mol. The fourth-order valence-corrected chi connectivity index (χ4v) is 8.02. The highest BCUT2D eigenvalue weighted by Crippen LogP contribution is 2.36. The van der Waals surface area contributed by atoms with Gasteiger partial charge in [-0.3, -0.25) is 29.8 Å². The van der Waals surface area contributed by atoms with Gasteiger partial charge in [0.25, 0.3) is 5.91 Å². The van der Waals surface area contributed by atoms with E-state index in [0.29, 0.717) is 32.4 Å². The molecule has 14 heteroatoms. The average molecular weight is 671 g/mol. The van der Waals surface area contributed by atoms with Crippen LogP contribution in [-0.4, -0.2) is 109 Å². The molecule has 264 valence electrons. The lowest BCUT2D eigenvalue weighted by molar-refractivity contribution is -0.146. The summed E-state index contributed by atoms with van der Waals surface area (Å²) in [5, 5.41) is 22.6. The summed E-state index contributed by atoms with van der Waals surface area (Å²) in [5.74, 6) is -2.01. The van der Waals surface area contributed by atoms with Crippen LogP contribution in [0, 0.1) is 28.6 Å². The Morgan fingerprint density at radius 2 is 1.57 bits per heavy atom. The van der Waals surface area contributed by atoms with Crippen LogP contribution in [0.3, 0.4) is 0 Å². The highest BCUT2D eigenvalue weighted by atomic mass is 32.2. The summed E-state index contributed by atoms with van der Waals surface area (Å²) in [6.07, 6.45) is 2.05. The maximum Gasteiger partial charge on any atom is 0.289 e. The maximum absolute atomic E-state index is 14.3. The van der Waals surface area contributed by atoms with Gasteiger partial charge in [-0.1, -0.05) is 68.2 Å². The summed E-state index contributed by atoms with van der Waals surface area (Å²) in [6, 6.07) is -3.18. The Kier molecular flexibility index (Phi) is 12.5. The van der Waals surface area contributed by atoms with Gasteiger partial charge in [0.15, 0.2) is 6.35 Å². The molecule has 0 aromatic rings. The molecule has 2 heterocycles. The van der Waals surface area contributed by atoms with Crippen LogP contribution in [0.5, 0.6) is 0 Å². The average Bonchev–Trinajstić information content (AvgIpc) is 3.53. The number of nitrogens with zero attached hydrogens (tertiary/aromatic N) is 2. The summed E-state index contributed by atoms with van der Waals surface area (Å²) >= 11 is 0. The number of sulfonamides is 1. The fourth-order valence-electron chi connectivity index (χ4n) is 6.48. The van der Waals surface area contributed by atoms with Crippen molar-refractivity contribution in [1.82, 2.24) is 30.5 Å². The Hall–Kier alpha value is -2.13. The third kappa shape index (κ3) is 9.71. The van der Waals surface area contributed by atoms with Gasteiger partial charge in [0.05, 0.1) is 17.8 Å². The number of hydrogen-bond acceptors (Lipinski definition) is 9. The van der Waals surface area contributed by atoms with Gasteiger partial charge in [-0.2, -0.15) is 0 Å². The van der Waals surface area contributed by atoms with Crippen LogP contribution in [0.15, 0.2) is 0 Å². The largest absolute Gasteiger partial charge is 0.365 e. The number of carbonyl (C=O) groups is 4. The number of carbonyl (C=O) groups excluding carboxylic acids is 4. The molecule has 3 amide bonds. The van der Waals surface area contributed by atoms with Crippen LogP contribution in [0.4, 0.5) is 0 Å². The van der Waals surface area contributed by atoms with Gasteiger partial charge in [-0.15, -0.1) is 0 Å². The number of ketones is 1. The Labute approximate surface area is 275 Å². The molecule has 3 aliphatic rings. The van der Waals surface area contributed by atoms with Gasteiger partial charge < -0.3 is 20.6 Å². The van der Waals surface area contributed by atoms with Crippen molar-refractivity contribution in [2.75, 3.05) is 32.4 Å². The number of aliphatic hydroxyl groups is 1. The molecule has 0 aromatic heterocycles. The zero-order valence-electron chi connectivity index (χ0n) is 29.2. The van der Waals surface area contributed by atoms with Crippen molar-refractivity contribution in [2.24, 2.45) is 28.6 Å². The lowest BCUT2D eigenvalue weighted by atomic mass is 9.84. The molecule has 46 heavy (non-hydrogen) atoms. The molecule has 0 spiro atoms. The van der Waals surface area contributed by atoms with E-state index >= 15 is 0 Å². The monoisotopic (exact) mass is 670 g/mol. The summed E-state index contributed by atoms with van der Waals surface area (Å²) in [5.41, 5.74) is -1.11. The van der Waals surface area contributed by atoms with Crippen LogP contribution in [0.2, 0.25) is 0 Å². The Morgan fingerprint density at radius 3 is 2.04 bits per heavy atom. The number of nitrogens with one attached hydrogen (secondary N) is 4. The van der Waals surface area contributed by atoms with Crippen molar-refractivity contribution >= 4 is 33.5 Å². The van der Waals surface area contributed by atoms with Crippen LogP contribution in [-0.2, 0) is 29.2 Å². The first kappa shape index (κ1) is 38.3. The van der Waals surface area contributed by atoms with Crippen molar-refractivity contribution in [1.29, 1.82) is 0 Å². The van der Waals surface area contributed by atoms with E-state index < -0.39 is 69.0 Å². The highest BCUT2D eigenvalue weighted by molar-refractivity contribution is 7.89. The number of hydrogen-bond donors (Lipinski definition) is 5. The summed E-state index contributed by atoms with van der Waals surface area (Å²) in [4.78, 5) is 55.0. The maximum atomic E-state index is 14.3. The fraction of sp³-hybridized carbons (Fsp3) is 0.875. The quantitative estimate of drug-likeness (QED) is 0.132. The smallest absolute Gasteiger partial charge is 0.289 e. The third-order valence-electron chi connectivity index (χ3n) is 9.63. The topological polar surface area (TPSA) is 177 Å². The van der Waals surface area contributed by atoms with E-state index in [-0.39, 0.29) is 36.0 Å². The second-order valence-electron chi connectivity index (χ2n) is 15.8. The lowest BCUT2D eigenvalue weighted by Crippen LogP contribution is -2.64. The first-order chi connectivity index (χ1) is 21.2. The van der Waals surface area contributed by atoms with Crippen molar-refractivity contribution < 1.29 is 32.7 Å². The standard InChI is InChI=1S/C32H58N6O7S/c1-19(2)21-13-15-38(24(21)27(40)34-22(17-20-11-12-20)25(39)28(41)33-9)29(42)26(32(6,7)8)36-30(43)35-23(31(3,4)5)18-37-14-10-16-46(37,44)45/h19-24,26,30,35-36,43H,10-18H2,1-9H3,(H,33,41)(H,34,40)/t21-,22?,23-,24+,26-,30?/m1/s1. The molecule has 2 unspecified atom stereocenters. The highest BCUT2D eigenvalue weighted by Gasteiger charge is 2.48. The van der Waals surface area contributed by atoms with E-state index in [2.05, 4.69) is 21.3 Å². The molecule has 3 fully saturated rings. The van der Waals surface area contributed by atoms with Crippen molar-refractivity contribution in [2.45, 2.75) is 118 Å². The van der Waals surface area contributed by atoms with Crippen molar-refractivity contribution in [3.05, 3.63) is 0 Å². The minimum atomic E-state index is -3.35. The van der Waals surface area contributed by atoms with Gasteiger partial charge in [-0.05, 0) is 47.8 Å². The third-order valence-corrected chi connectivity index (χ3v) is 11.6. The van der Waals surface area contributed by atoms with E-state index in [0.717, 1.165) is 12.8 Å². The van der Waals surface area contributed by atoms with E-state index in [4.69, 9.17) is 0 Å². The zero-order chi connectivity index (χ0) is 34.8. The first-order valence-corrected chi connectivity index (χ1v) is 18.3. The molecule has 2 aliphatic heterocycles. The predicted molar refractivity (Wildman–Crippen MR) is 176 cm³/mol. The Balaban J connectivity index is 1.82. The molecule has 2 saturated heterocycles. The molecule has 3 rings (SSSR count). The van der Waals surface area contributed by atoms with E-state index in [1.54, 1.807) is 4.90 Å². The van der Waals surface area contributed by atoms with Gasteiger partial charge in [0.1, 0.15) is 6.04 Å². The molecule has 13 nitrogen and oxygen atoms in total. The molecule has 0 bridgehead atoms. The van der Waals surface area contributed by atoms with E-state index in [1.807, 2.05) is 55.4 Å². The van der Waals surface area contributed by atoms with Crippen LogP contribution >= 0.6 is 0 Å². The first-order valence-electron chi connectivity index (χ1n) is 16.7. The molecule has 5 N–H and O–H groups in total. The van der Waals surface area contributed by atoms with Crippen LogP contribution < -0.4 is 21.3 Å². The summed E-state index contributed by atoms with van der Waals surface area (Å²) in [7, 11) is -1.97. The van der Waals surface area contributed by atoms with Crippen LogP contribution in [0.25, 0.3) is 0 Å². The van der Waals surface area contributed by atoms with Gasteiger partial charge in [0, 0.05) is 32.7 Å². The minimum Gasteiger partial charge on any atom is -0.365 e. The summed E-state index contributed by atoms with van der Waals surface area (Å²) in [6.45, 7) is 16.4. The van der Waals surface area contributed by atoms with Gasteiger partial charge in [-0.25, -0.2) is 12.7 Å². The predicted octanol–water partition coefficient (Wildman–Crippen LogP) is 0.780. The van der Waals surface area contributed by atoms with Crippen molar-refractivity contribution in [3.63, 3.8) is 0 Å². The summed E-state index contributed by atoms with van der Waals surface area (Å²) < 4.78 is 26.5. The van der Waals surface area contributed by atoms with E-state index in [1.165, 1.54) is 11.4 Å². The number of Topliss-reactive ketones (excluding diaryl/α,β-unsaturated/α-hetero) is 1. The number of amides is 3. The molecule has 6 atom stereocenters. The molecule has 0 aromatic carbocycles. The molecular formula is C32H58N6O7S. The second-order valence-corrected chi connectivity index (χ2v) is 17.9. The number of likely N-dealkylation sites (tertiary alicyclic amines) is 1. The second kappa shape index (κ2) is 15.0. The molecule has 1 saturated carbocycles. The Bertz CT molecular complexity index is 1220.